The Balaban J connectivity index is 3.15. The van der Waals surface area contributed by atoms with Crippen molar-refractivity contribution in [2.45, 2.75) is 47.2 Å². The summed E-state index contributed by atoms with van der Waals surface area (Å²) in [6, 6.07) is 2.56. The maximum absolute atomic E-state index is 5.24. The Morgan fingerprint density at radius 3 is 2.60 bits per heavy atom. The molecule has 0 aliphatic heterocycles. The van der Waals surface area contributed by atoms with E-state index in [0.29, 0.717) is 12.6 Å². The van der Waals surface area contributed by atoms with Gasteiger partial charge in [-0.2, -0.15) is 0 Å². The maximum atomic E-state index is 5.24. The second-order valence-corrected chi connectivity index (χ2v) is 5.44. The fourth-order valence-electron chi connectivity index (χ4n) is 2.35. The van der Waals surface area contributed by atoms with Crippen LogP contribution >= 0.6 is 0 Å². The molecule has 20 heavy (non-hydrogen) atoms. The molecule has 1 N–H and O–H groups in total. The second kappa shape index (κ2) is 8.22. The summed E-state index contributed by atoms with van der Waals surface area (Å²) in [6.07, 6.45) is 0. The van der Waals surface area contributed by atoms with Crippen LogP contribution in [0.3, 0.4) is 0 Å². The van der Waals surface area contributed by atoms with Crippen LogP contribution < -0.4 is 10.2 Å². The highest BCUT2D eigenvalue weighted by Gasteiger charge is 2.17. The number of nitrogens with one attached hydrogen (secondary N) is 1. The lowest BCUT2D eigenvalue weighted by Gasteiger charge is -2.30. The molecule has 0 atom stereocenters. The average Bonchev–Trinajstić information content (AvgIpc) is 2.37. The van der Waals surface area contributed by atoms with E-state index in [9.17, 15) is 0 Å². The van der Waals surface area contributed by atoms with Gasteiger partial charge in [0.05, 0.1) is 6.61 Å². The zero-order valence-corrected chi connectivity index (χ0v) is 13.8. The van der Waals surface area contributed by atoms with Gasteiger partial charge in [-0.1, -0.05) is 6.92 Å². The summed E-state index contributed by atoms with van der Waals surface area (Å²) in [5.41, 5.74) is 3.67. The van der Waals surface area contributed by atoms with Crippen LogP contribution in [0.1, 0.15) is 37.6 Å². The lowest BCUT2D eigenvalue weighted by Crippen LogP contribution is -2.36. The van der Waals surface area contributed by atoms with E-state index in [0.717, 1.165) is 31.1 Å². The lowest BCUT2D eigenvalue weighted by molar-refractivity contribution is 0.203. The Labute approximate surface area is 123 Å². The van der Waals surface area contributed by atoms with Gasteiger partial charge in [0.2, 0.25) is 0 Å². The van der Waals surface area contributed by atoms with Gasteiger partial charge in [0, 0.05) is 37.5 Å². The Morgan fingerprint density at radius 1 is 1.35 bits per heavy atom. The van der Waals surface area contributed by atoms with Crippen molar-refractivity contribution in [3.8, 4) is 0 Å². The molecule has 1 heterocycles. The first-order valence-electron chi connectivity index (χ1n) is 7.44. The summed E-state index contributed by atoms with van der Waals surface area (Å²) >= 11 is 0. The topological polar surface area (TPSA) is 37.4 Å². The quantitative estimate of drug-likeness (QED) is 0.794. The standard InChI is InChI=1S/C16H29N3O/c1-7-17-11-15-13(4)10-14(5)18-16(15)19(12(2)3)8-9-20-6/h10,12,17H,7-9,11H2,1-6H3. The van der Waals surface area contributed by atoms with Gasteiger partial charge in [-0.15, -0.1) is 0 Å². The van der Waals surface area contributed by atoms with E-state index in [1.165, 1.54) is 11.1 Å². The van der Waals surface area contributed by atoms with Gasteiger partial charge < -0.3 is 15.0 Å². The highest BCUT2D eigenvalue weighted by atomic mass is 16.5. The Hall–Kier alpha value is -1.13. The zero-order chi connectivity index (χ0) is 15.1. The molecule has 4 heteroatoms. The first-order chi connectivity index (χ1) is 9.51. The van der Waals surface area contributed by atoms with E-state index in [2.05, 4.69) is 50.9 Å². The van der Waals surface area contributed by atoms with Crippen molar-refractivity contribution >= 4 is 5.82 Å². The fourth-order valence-corrected chi connectivity index (χ4v) is 2.35. The van der Waals surface area contributed by atoms with Gasteiger partial charge in [0.15, 0.2) is 0 Å². The normalized spacial score (nSPS) is 11.2. The summed E-state index contributed by atoms with van der Waals surface area (Å²) in [4.78, 5) is 7.12. The number of aryl methyl sites for hydroxylation is 2. The summed E-state index contributed by atoms with van der Waals surface area (Å²) in [6.45, 7) is 14.2. The van der Waals surface area contributed by atoms with Crippen LogP contribution in [-0.2, 0) is 11.3 Å². The number of pyridine rings is 1. The third-order valence-corrected chi connectivity index (χ3v) is 3.44. The van der Waals surface area contributed by atoms with Crippen molar-refractivity contribution in [3.05, 3.63) is 22.9 Å². The van der Waals surface area contributed by atoms with Crippen LogP contribution in [0.5, 0.6) is 0 Å². The average molecular weight is 279 g/mol. The minimum absolute atomic E-state index is 0.402. The molecule has 0 aliphatic carbocycles. The Bertz CT molecular complexity index is 418. The van der Waals surface area contributed by atoms with Gasteiger partial charge >= 0.3 is 0 Å². The molecular weight excluding hydrogens is 250 g/mol. The molecular formula is C16H29N3O. The predicted molar refractivity (Wildman–Crippen MR) is 85.4 cm³/mol. The molecule has 0 spiro atoms. The number of aromatic nitrogens is 1. The van der Waals surface area contributed by atoms with Crippen LogP contribution in [0.2, 0.25) is 0 Å². The maximum Gasteiger partial charge on any atom is 0.133 e. The SMILES string of the molecule is CCNCc1c(C)cc(C)nc1N(CCOC)C(C)C. The van der Waals surface area contributed by atoms with E-state index < -0.39 is 0 Å². The van der Waals surface area contributed by atoms with Crippen molar-refractivity contribution in [2.75, 3.05) is 31.7 Å². The molecule has 0 fully saturated rings. The first-order valence-corrected chi connectivity index (χ1v) is 7.44. The van der Waals surface area contributed by atoms with E-state index >= 15 is 0 Å². The van der Waals surface area contributed by atoms with E-state index in [4.69, 9.17) is 9.72 Å². The van der Waals surface area contributed by atoms with Crippen LogP contribution in [0.4, 0.5) is 5.82 Å². The van der Waals surface area contributed by atoms with Crippen molar-refractivity contribution < 1.29 is 4.74 Å². The predicted octanol–water partition coefficient (Wildman–Crippen LogP) is 2.67. The van der Waals surface area contributed by atoms with Crippen molar-refractivity contribution in [1.82, 2.24) is 10.3 Å². The van der Waals surface area contributed by atoms with E-state index in [1.807, 2.05) is 0 Å². The summed E-state index contributed by atoms with van der Waals surface area (Å²) in [5, 5.41) is 3.42. The smallest absolute Gasteiger partial charge is 0.133 e. The summed E-state index contributed by atoms with van der Waals surface area (Å²) < 4.78 is 5.24. The number of ether oxygens (including phenoxy) is 1. The molecule has 0 aliphatic rings. The molecule has 0 saturated heterocycles. The second-order valence-electron chi connectivity index (χ2n) is 5.44. The highest BCUT2D eigenvalue weighted by molar-refractivity contribution is 5.52. The molecule has 1 aromatic rings. The van der Waals surface area contributed by atoms with Gasteiger partial charge in [-0.25, -0.2) is 4.98 Å². The number of anilines is 1. The molecule has 4 nitrogen and oxygen atoms in total. The molecule has 114 valence electrons. The number of hydrogen-bond acceptors (Lipinski definition) is 4. The monoisotopic (exact) mass is 279 g/mol. The number of methoxy groups -OCH3 is 1. The van der Waals surface area contributed by atoms with Crippen LogP contribution in [-0.4, -0.2) is 37.8 Å². The Kier molecular flexibility index (Phi) is 6.96. The van der Waals surface area contributed by atoms with Crippen molar-refractivity contribution in [1.29, 1.82) is 0 Å². The van der Waals surface area contributed by atoms with Crippen LogP contribution in [0.15, 0.2) is 6.07 Å². The van der Waals surface area contributed by atoms with Gasteiger partial charge in [-0.3, -0.25) is 0 Å². The molecule has 1 aromatic heterocycles. The molecule has 0 aromatic carbocycles. The molecule has 0 radical (unpaired) electrons. The summed E-state index contributed by atoms with van der Waals surface area (Å²) in [5.74, 6) is 1.09. The molecule has 0 bridgehead atoms. The largest absolute Gasteiger partial charge is 0.383 e. The lowest BCUT2D eigenvalue weighted by atomic mass is 10.1. The minimum Gasteiger partial charge on any atom is -0.383 e. The third kappa shape index (κ3) is 4.46. The third-order valence-electron chi connectivity index (χ3n) is 3.44. The Morgan fingerprint density at radius 2 is 2.05 bits per heavy atom. The van der Waals surface area contributed by atoms with Crippen LogP contribution in [0.25, 0.3) is 0 Å². The first kappa shape index (κ1) is 16.9. The highest BCUT2D eigenvalue weighted by Crippen LogP contribution is 2.24. The molecule has 0 saturated carbocycles. The van der Waals surface area contributed by atoms with Crippen molar-refractivity contribution in [3.63, 3.8) is 0 Å². The molecule has 0 unspecified atom stereocenters. The number of nitrogens with zero attached hydrogens (tertiary/aromatic N) is 2. The van der Waals surface area contributed by atoms with E-state index in [1.54, 1.807) is 7.11 Å². The van der Waals surface area contributed by atoms with Gasteiger partial charge in [0.1, 0.15) is 5.82 Å². The minimum atomic E-state index is 0.402. The van der Waals surface area contributed by atoms with Gasteiger partial charge in [0.25, 0.3) is 0 Å². The number of rotatable bonds is 8. The zero-order valence-electron chi connectivity index (χ0n) is 13.8. The summed E-state index contributed by atoms with van der Waals surface area (Å²) in [7, 11) is 1.74. The van der Waals surface area contributed by atoms with E-state index in [-0.39, 0.29) is 0 Å². The van der Waals surface area contributed by atoms with Crippen LogP contribution in [0, 0.1) is 13.8 Å². The molecule has 1 rings (SSSR count). The molecule has 0 amide bonds. The fraction of sp³-hybridized carbons (Fsp3) is 0.688. The van der Waals surface area contributed by atoms with Gasteiger partial charge in [-0.05, 0) is 45.9 Å². The van der Waals surface area contributed by atoms with Crippen molar-refractivity contribution in [2.24, 2.45) is 0 Å². The number of hydrogen-bond donors (Lipinski definition) is 1.